The van der Waals surface area contributed by atoms with Crippen molar-refractivity contribution >= 4 is 26.0 Å². The number of aryl methyl sites for hydroxylation is 1. The highest BCUT2D eigenvalue weighted by molar-refractivity contribution is 9.10. The minimum atomic E-state index is -3.38. The Balaban J connectivity index is 2.36. The van der Waals surface area contributed by atoms with E-state index in [9.17, 15) is 8.42 Å². The molecule has 0 amide bonds. The molecule has 1 aromatic rings. The summed E-state index contributed by atoms with van der Waals surface area (Å²) < 4.78 is 26.3. The van der Waals surface area contributed by atoms with Crippen LogP contribution in [0.5, 0.6) is 0 Å². The van der Waals surface area contributed by atoms with Gasteiger partial charge in [0.1, 0.15) is 0 Å². The largest absolute Gasteiger partial charge is 0.325 e. The van der Waals surface area contributed by atoms with Crippen molar-refractivity contribution in [2.75, 3.05) is 13.1 Å². The van der Waals surface area contributed by atoms with Crippen molar-refractivity contribution in [2.45, 2.75) is 17.9 Å². The first-order chi connectivity index (χ1) is 7.41. The second kappa shape index (κ2) is 4.10. The molecule has 0 aromatic heterocycles. The van der Waals surface area contributed by atoms with E-state index in [0.717, 1.165) is 5.56 Å². The van der Waals surface area contributed by atoms with Crippen LogP contribution >= 0.6 is 15.9 Å². The molecule has 1 aliphatic heterocycles. The fourth-order valence-electron chi connectivity index (χ4n) is 1.62. The molecule has 0 unspecified atom stereocenters. The van der Waals surface area contributed by atoms with Gasteiger partial charge < -0.3 is 5.73 Å². The monoisotopic (exact) mass is 304 g/mol. The summed E-state index contributed by atoms with van der Waals surface area (Å²) in [5.41, 5.74) is 6.61. The SMILES string of the molecule is Cc1ccc(S(=O)(=O)N2CC(N)C2)c(Br)c1. The zero-order valence-corrected chi connectivity index (χ0v) is 11.3. The van der Waals surface area contributed by atoms with Crippen molar-refractivity contribution in [1.82, 2.24) is 4.31 Å². The predicted octanol–water partition coefficient (Wildman–Crippen LogP) is 1.09. The van der Waals surface area contributed by atoms with Crippen molar-refractivity contribution in [3.8, 4) is 0 Å². The van der Waals surface area contributed by atoms with Crippen LogP contribution in [0.15, 0.2) is 27.6 Å². The minimum absolute atomic E-state index is 0.0287. The van der Waals surface area contributed by atoms with E-state index in [4.69, 9.17) is 5.73 Å². The van der Waals surface area contributed by atoms with E-state index in [1.54, 1.807) is 18.2 Å². The van der Waals surface area contributed by atoms with Gasteiger partial charge in [0.2, 0.25) is 10.0 Å². The van der Waals surface area contributed by atoms with Crippen LogP contribution in [0.1, 0.15) is 5.56 Å². The van der Waals surface area contributed by atoms with Crippen LogP contribution in [0.3, 0.4) is 0 Å². The summed E-state index contributed by atoms with van der Waals surface area (Å²) in [5, 5.41) is 0. The average molecular weight is 305 g/mol. The lowest BCUT2D eigenvalue weighted by atomic mass is 10.2. The number of benzene rings is 1. The fourth-order valence-corrected chi connectivity index (χ4v) is 4.33. The van der Waals surface area contributed by atoms with Crippen LogP contribution < -0.4 is 5.73 Å². The third-order valence-corrected chi connectivity index (χ3v) is 5.39. The smallest absolute Gasteiger partial charge is 0.244 e. The molecule has 16 heavy (non-hydrogen) atoms. The molecule has 1 aliphatic rings. The van der Waals surface area contributed by atoms with Crippen molar-refractivity contribution in [3.63, 3.8) is 0 Å². The normalized spacial score (nSPS) is 18.4. The molecular formula is C10H13BrN2O2S. The maximum atomic E-state index is 12.1. The Bertz CT molecular complexity index is 510. The van der Waals surface area contributed by atoms with Crippen molar-refractivity contribution in [1.29, 1.82) is 0 Å². The highest BCUT2D eigenvalue weighted by atomic mass is 79.9. The van der Waals surface area contributed by atoms with Gasteiger partial charge >= 0.3 is 0 Å². The Labute approximate surface area is 104 Å². The molecule has 0 aliphatic carbocycles. The molecule has 1 aromatic carbocycles. The highest BCUT2D eigenvalue weighted by Crippen LogP contribution is 2.28. The summed E-state index contributed by atoms with van der Waals surface area (Å²) >= 11 is 3.28. The van der Waals surface area contributed by atoms with Crippen LogP contribution in [-0.2, 0) is 10.0 Å². The van der Waals surface area contributed by atoms with Gasteiger partial charge in [0.05, 0.1) is 4.90 Å². The van der Waals surface area contributed by atoms with Gasteiger partial charge in [-0.25, -0.2) is 8.42 Å². The topological polar surface area (TPSA) is 63.4 Å². The number of nitrogens with two attached hydrogens (primary N) is 1. The Morgan fingerprint density at radius 1 is 1.44 bits per heavy atom. The van der Waals surface area contributed by atoms with Crippen molar-refractivity contribution < 1.29 is 8.42 Å². The van der Waals surface area contributed by atoms with Crippen LogP contribution in [0.25, 0.3) is 0 Å². The molecule has 2 rings (SSSR count). The Hall–Kier alpha value is -0.430. The van der Waals surface area contributed by atoms with Gasteiger partial charge in [0, 0.05) is 23.6 Å². The molecule has 0 radical (unpaired) electrons. The van der Waals surface area contributed by atoms with Crippen LogP contribution in [0.2, 0.25) is 0 Å². The lowest BCUT2D eigenvalue weighted by Gasteiger charge is -2.35. The number of nitrogens with zero attached hydrogens (tertiary/aromatic N) is 1. The van der Waals surface area contributed by atoms with Gasteiger partial charge in [-0.1, -0.05) is 6.07 Å². The summed E-state index contributed by atoms with van der Waals surface area (Å²) in [6, 6.07) is 5.18. The second-order valence-electron chi connectivity index (χ2n) is 4.02. The standard InChI is InChI=1S/C10H13BrN2O2S/c1-7-2-3-10(9(11)4-7)16(14,15)13-5-8(12)6-13/h2-4,8H,5-6,12H2,1H3. The molecule has 0 atom stereocenters. The third kappa shape index (κ3) is 2.02. The van der Waals surface area contributed by atoms with Crippen molar-refractivity contribution in [2.24, 2.45) is 5.73 Å². The molecule has 1 fully saturated rings. The fraction of sp³-hybridized carbons (Fsp3) is 0.400. The first-order valence-corrected chi connectivity index (χ1v) is 7.16. The summed E-state index contributed by atoms with van der Waals surface area (Å²) in [4.78, 5) is 0.310. The third-order valence-electron chi connectivity index (χ3n) is 2.58. The van der Waals surface area contributed by atoms with Gasteiger partial charge in [-0.05, 0) is 40.5 Å². The Morgan fingerprint density at radius 2 is 2.06 bits per heavy atom. The number of sulfonamides is 1. The minimum Gasteiger partial charge on any atom is -0.325 e. The molecule has 0 bridgehead atoms. The lowest BCUT2D eigenvalue weighted by Crippen LogP contribution is -2.57. The first-order valence-electron chi connectivity index (χ1n) is 4.93. The van der Waals surface area contributed by atoms with E-state index < -0.39 is 10.0 Å². The molecule has 6 heteroatoms. The molecule has 4 nitrogen and oxygen atoms in total. The molecule has 0 spiro atoms. The average Bonchev–Trinajstić information content (AvgIpc) is 2.12. The number of hydrogen-bond acceptors (Lipinski definition) is 3. The van der Waals surface area contributed by atoms with E-state index in [2.05, 4.69) is 15.9 Å². The van der Waals surface area contributed by atoms with E-state index in [1.165, 1.54) is 4.31 Å². The van der Waals surface area contributed by atoms with E-state index >= 15 is 0 Å². The number of hydrogen-bond donors (Lipinski definition) is 1. The molecule has 2 N–H and O–H groups in total. The highest BCUT2D eigenvalue weighted by Gasteiger charge is 2.35. The number of rotatable bonds is 2. The molecule has 0 saturated carbocycles. The van der Waals surface area contributed by atoms with E-state index in [-0.39, 0.29) is 6.04 Å². The predicted molar refractivity (Wildman–Crippen MR) is 65.6 cm³/mol. The summed E-state index contributed by atoms with van der Waals surface area (Å²) in [6.45, 7) is 2.73. The quantitative estimate of drug-likeness (QED) is 0.889. The van der Waals surface area contributed by atoms with Gasteiger partial charge in [0.15, 0.2) is 0 Å². The number of halogens is 1. The zero-order chi connectivity index (χ0) is 11.9. The van der Waals surface area contributed by atoms with Gasteiger partial charge in [-0.2, -0.15) is 4.31 Å². The summed E-state index contributed by atoms with van der Waals surface area (Å²) in [7, 11) is -3.38. The Morgan fingerprint density at radius 3 is 2.56 bits per heavy atom. The lowest BCUT2D eigenvalue weighted by molar-refractivity contribution is 0.265. The van der Waals surface area contributed by atoms with E-state index in [0.29, 0.717) is 22.5 Å². The second-order valence-corrected chi connectivity index (χ2v) is 6.78. The Kier molecular flexibility index (Phi) is 3.09. The van der Waals surface area contributed by atoms with Crippen LogP contribution in [0.4, 0.5) is 0 Å². The summed E-state index contributed by atoms with van der Waals surface area (Å²) in [5.74, 6) is 0. The van der Waals surface area contributed by atoms with E-state index in [1.807, 2.05) is 6.92 Å². The maximum absolute atomic E-state index is 12.1. The maximum Gasteiger partial charge on any atom is 0.244 e. The van der Waals surface area contributed by atoms with Gasteiger partial charge in [-0.3, -0.25) is 0 Å². The molecular weight excluding hydrogens is 292 g/mol. The van der Waals surface area contributed by atoms with Gasteiger partial charge in [0.25, 0.3) is 0 Å². The first kappa shape index (κ1) is 12.0. The van der Waals surface area contributed by atoms with Crippen molar-refractivity contribution in [3.05, 3.63) is 28.2 Å². The molecule has 1 heterocycles. The summed E-state index contributed by atoms with van der Waals surface area (Å²) in [6.07, 6.45) is 0. The molecule has 1 saturated heterocycles. The van der Waals surface area contributed by atoms with Crippen LogP contribution in [-0.4, -0.2) is 31.9 Å². The van der Waals surface area contributed by atoms with Gasteiger partial charge in [-0.15, -0.1) is 0 Å². The van der Waals surface area contributed by atoms with Crippen LogP contribution in [0, 0.1) is 6.92 Å². The zero-order valence-electron chi connectivity index (χ0n) is 8.85. The molecule has 88 valence electrons.